The fourth-order valence-corrected chi connectivity index (χ4v) is 2.44. The number of rotatable bonds is 3. The number of hydrogen-bond donors (Lipinski definition) is 1. The average Bonchev–Trinajstić information content (AvgIpc) is 2.68. The van der Waals surface area contributed by atoms with E-state index in [0.29, 0.717) is 0 Å². The Morgan fingerprint density at radius 2 is 2.00 bits per heavy atom. The third-order valence-corrected chi connectivity index (χ3v) is 3.25. The Bertz CT molecular complexity index is 171. The largest absolute Gasteiger partial charge is 0.379 e. The van der Waals surface area contributed by atoms with Gasteiger partial charge in [0.2, 0.25) is 0 Å². The highest BCUT2D eigenvalue weighted by Gasteiger charge is 2.27. The lowest BCUT2D eigenvalue weighted by Gasteiger charge is -2.32. The number of nitrogens with two attached hydrogens (primary N) is 1. The third kappa shape index (κ3) is 2.45. The highest BCUT2D eigenvalue weighted by molar-refractivity contribution is 4.84. The molecule has 0 radical (unpaired) electrons. The molecule has 1 atom stereocenters. The monoisotopic (exact) mass is 199 g/mol. The number of ether oxygens (including phenoxy) is 1. The Hall–Kier alpha value is -0.160. The molecule has 2 aliphatic heterocycles. The molecule has 0 aliphatic carbocycles. The summed E-state index contributed by atoms with van der Waals surface area (Å²) in [7, 11) is 0. The maximum atomic E-state index is 5.56. The van der Waals surface area contributed by atoms with Crippen molar-refractivity contribution in [3.05, 3.63) is 0 Å². The summed E-state index contributed by atoms with van der Waals surface area (Å²) in [5.41, 5.74) is 5.56. The SMILES string of the molecule is NCCN1CCC(N2CCOCC2)C1. The fourth-order valence-electron chi connectivity index (χ4n) is 2.44. The number of morpholine rings is 1. The molecule has 4 heteroatoms. The zero-order chi connectivity index (χ0) is 9.80. The predicted octanol–water partition coefficient (Wildman–Crippen LogP) is -0.648. The molecule has 0 spiro atoms. The molecule has 14 heavy (non-hydrogen) atoms. The van der Waals surface area contributed by atoms with Crippen LogP contribution in [0.1, 0.15) is 6.42 Å². The van der Waals surface area contributed by atoms with Gasteiger partial charge < -0.3 is 15.4 Å². The van der Waals surface area contributed by atoms with Crippen molar-refractivity contribution in [3.63, 3.8) is 0 Å². The quantitative estimate of drug-likeness (QED) is 0.656. The summed E-state index contributed by atoms with van der Waals surface area (Å²) >= 11 is 0. The van der Waals surface area contributed by atoms with Crippen LogP contribution in [0.2, 0.25) is 0 Å². The molecule has 0 aromatic carbocycles. The van der Waals surface area contributed by atoms with Gasteiger partial charge in [-0.3, -0.25) is 4.90 Å². The minimum atomic E-state index is 0.755. The molecule has 4 nitrogen and oxygen atoms in total. The van der Waals surface area contributed by atoms with E-state index in [2.05, 4.69) is 9.80 Å². The zero-order valence-electron chi connectivity index (χ0n) is 8.82. The summed E-state index contributed by atoms with van der Waals surface area (Å²) in [4.78, 5) is 5.04. The van der Waals surface area contributed by atoms with Crippen LogP contribution in [0.25, 0.3) is 0 Å². The molecule has 2 saturated heterocycles. The lowest BCUT2D eigenvalue weighted by atomic mass is 10.2. The van der Waals surface area contributed by atoms with Crippen molar-refractivity contribution < 1.29 is 4.74 Å². The van der Waals surface area contributed by atoms with Gasteiger partial charge in [-0.05, 0) is 13.0 Å². The first-order valence-corrected chi connectivity index (χ1v) is 5.64. The normalized spacial score (nSPS) is 31.1. The van der Waals surface area contributed by atoms with Gasteiger partial charge in [-0.15, -0.1) is 0 Å². The third-order valence-electron chi connectivity index (χ3n) is 3.25. The van der Waals surface area contributed by atoms with Crippen LogP contribution in [0.4, 0.5) is 0 Å². The van der Waals surface area contributed by atoms with E-state index >= 15 is 0 Å². The molecular weight excluding hydrogens is 178 g/mol. The molecule has 2 fully saturated rings. The van der Waals surface area contributed by atoms with Crippen LogP contribution in [0.5, 0.6) is 0 Å². The molecular formula is C10H21N3O. The summed E-state index contributed by atoms with van der Waals surface area (Å²) in [6.45, 7) is 8.32. The Balaban J connectivity index is 1.76. The Kier molecular flexibility index (Phi) is 3.75. The van der Waals surface area contributed by atoms with E-state index in [1.54, 1.807) is 0 Å². The van der Waals surface area contributed by atoms with Crippen LogP contribution in [-0.4, -0.2) is 68.3 Å². The topological polar surface area (TPSA) is 41.7 Å². The van der Waals surface area contributed by atoms with E-state index < -0.39 is 0 Å². The van der Waals surface area contributed by atoms with Crippen LogP contribution in [0.15, 0.2) is 0 Å². The molecule has 0 bridgehead atoms. The van der Waals surface area contributed by atoms with Gasteiger partial charge in [0.15, 0.2) is 0 Å². The van der Waals surface area contributed by atoms with Crippen molar-refractivity contribution in [3.8, 4) is 0 Å². The van der Waals surface area contributed by atoms with Gasteiger partial charge in [0.25, 0.3) is 0 Å². The minimum absolute atomic E-state index is 0.755. The fraction of sp³-hybridized carbons (Fsp3) is 1.00. The molecule has 0 saturated carbocycles. The van der Waals surface area contributed by atoms with E-state index in [1.165, 1.54) is 19.5 Å². The second-order valence-electron chi connectivity index (χ2n) is 4.18. The molecule has 2 rings (SSSR count). The van der Waals surface area contributed by atoms with Crippen molar-refractivity contribution in [1.29, 1.82) is 0 Å². The summed E-state index contributed by atoms with van der Waals surface area (Å²) in [5, 5.41) is 0. The van der Waals surface area contributed by atoms with Gasteiger partial charge in [-0.1, -0.05) is 0 Å². The first kappa shape index (κ1) is 10.4. The van der Waals surface area contributed by atoms with Crippen molar-refractivity contribution in [2.75, 3.05) is 52.5 Å². The van der Waals surface area contributed by atoms with E-state index in [-0.39, 0.29) is 0 Å². The summed E-state index contributed by atoms with van der Waals surface area (Å²) in [6, 6.07) is 0.755. The molecule has 0 aromatic heterocycles. The lowest BCUT2D eigenvalue weighted by Crippen LogP contribution is -2.45. The first-order valence-electron chi connectivity index (χ1n) is 5.64. The van der Waals surface area contributed by atoms with E-state index in [4.69, 9.17) is 10.5 Å². The maximum Gasteiger partial charge on any atom is 0.0594 e. The summed E-state index contributed by atoms with van der Waals surface area (Å²) in [6.07, 6.45) is 1.31. The maximum absolute atomic E-state index is 5.56. The smallest absolute Gasteiger partial charge is 0.0594 e. The Labute approximate surface area is 86.0 Å². The van der Waals surface area contributed by atoms with Gasteiger partial charge in [-0.25, -0.2) is 0 Å². The van der Waals surface area contributed by atoms with Crippen LogP contribution in [0.3, 0.4) is 0 Å². The molecule has 0 amide bonds. The van der Waals surface area contributed by atoms with E-state index in [0.717, 1.165) is 45.4 Å². The van der Waals surface area contributed by atoms with Crippen LogP contribution in [-0.2, 0) is 4.74 Å². The molecule has 2 N–H and O–H groups in total. The van der Waals surface area contributed by atoms with Crippen LogP contribution in [0, 0.1) is 0 Å². The minimum Gasteiger partial charge on any atom is -0.379 e. The lowest BCUT2D eigenvalue weighted by molar-refractivity contribution is 0.0186. The highest BCUT2D eigenvalue weighted by atomic mass is 16.5. The van der Waals surface area contributed by atoms with Gasteiger partial charge in [0.05, 0.1) is 13.2 Å². The van der Waals surface area contributed by atoms with Gasteiger partial charge in [0.1, 0.15) is 0 Å². The average molecular weight is 199 g/mol. The second kappa shape index (κ2) is 5.07. The predicted molar refractivity (Wildman–Crippen MR) is 56.3 cm³/mol. The summed E-state index contributed by atoms with van der Waals surface area (Å²) < 4.78 is 5.36. The molecule has 2 heterocycles. The van der Waals surface area contributed by atoms with Crippen molar-refractivity contribution in [1.82, 2.24) is 9.80 Å². The second-order valence-corrected chi connectivity index (χ2v) is 4.18. The number of nitrogens with zero attached hydrogens (tertiary/aromatic N) is 2. The van der Waals surface area contributed by atoms with Crippen LogP contribution >= 0.6 is 0 Å². The zero-order valence-corrected chi connectivity index (χ0v) is 8.82. The molecule has 0 aromatic rings. The first-order chi connectivity index (χ1) is 6.90. The highest BCUT2D eigenvalue weighted by Crippen LogP contribution is 2.16. The Morgan fingerprint density at radius 3 is 2.71 bits per heavy atom. The van der Waals surface area contributed by atoms with Crippen LogP contribution < -0.4 is 5.73 Å². The van der Waals surface area contributed by atoms with Crippen molar-refractivity contribution in [2.24, 2.45) is 5.73 Å². The standard InChI is InChI=1S/C10H21N3O/c11-2-4-12-3-1-10(9-12)13-5-7-14-8-6-13/h10H,1-9,11H2. The number of likely N-dealkylation sites (tertiary alicyclic amines) is 1. The van der Waals surface area contributed by atoms with Gasteiger partial charge in [0, 0.05) is 38.8 Å². The van der Waals surface area contributed by atoms with Gasteiger partial charge in [-0.2, -0.15) is 0 Å². The van der Waals surface area contributed by atoms with E-state index in [9.17, 15) is 0 Å². The Morgan fingerprint density at radius 1 is 1.21 bits per heavy atom. The number of hydrogen-bond acceptors (Lipinski definition) is 4. The molecule has 1 unspecified atom stereocenters. The molecule has 2 aliphatic rings. The van der Waals surface area contributed by atoms with E-state index in [1.807, 2.05) is 0 Å². The van der Waals surface area contributed by atoms with Crippen molar-refractivity contribution >= 4 is 0 Å². The molecule has 82 valence electrons. The van der Waals surface area contributed by atoms with Crippen molar-refractivity contribution in [2.45, 2.75) is 12.5 Å². The summed E-state index contributed by atoms with van der Waals surface area (Å²) in [5.74, 6) is 0. The van der Waals surface area contributed by atoms with Gasteiger partial charge >= 0.3 is 0 Å².